The van der Waals surface area contributed by atoms with Crippen molar-refractivity contribution < 1.29 is 14.3 Å². The van der Waals surface area contributed by atoms with Crippen molar-refractivity contribution in [2.75, 3.05) is 17.8 Å². The van der Waals surface area contributed by atoms with Crippen LogP contribution in [0.2, 0.25) is 0 Å². The highest BCUT2D eigenvalue weighted by Crippen LogP contribution is 2.38. The van der Waals surface area contributed by atoms with Crippen molar-refractivity contribution in [2.45, 2.75) is 0 Å². The molecule has 0 atom stereocenters. The van der Waals surface area contributed by atoms with Crippen LogP contribution < -0.4 is 20.5 Å². The molecular formula is C14H10BrIN2O3. The van der Waals surface area contributed by atoms with Crippen LogP contribution in [0.4, 0.5) is 11.4 Å². The summed E-state index contributed by atoms with van der Waals surface area (Å²) in [6, 6.07) is 8.82. The quantitative estimate of drug-likeness (QED) is 0.530. The minimum Gasteiger partial charge on any atom is -0.454 e. The van der Waals surface area contributed by atoms with Crippen LogP contribution in [-0.2, 0) is 0 Å². The van der Waals surface area contributed by atoms with Crippen LogP contribution >= 0.6 is 38.5 Å². The Kier molecular flexibility index (Phi) is 3.94. The van der Waals surface area contributed by atoms with Gasteiger partial charge in [0.15, 0.2) is 11.5 Å². The predicted molar refractivity (Wildman–Crippen MR) is 91.8 cm³/mol. The Morgan fingerprint density at radius 2 is 1.95 bits per heavy atom. The average Bonchev–Trinajstić information content (AvgIpc) is 2.88. The Morgan fingerprint density at radius 1 is 1.24 bits per heavy atom. The molecule has 108 valence electrons. The number of carbonyl (C=O) groups excluding carboxylic acids is 1. The number of benzene rings is 2. The number of hydrogen-bond acceptors (Lipinski definition) is 4. The van der Waals surface area contributed by atoms with E-state index in [4.69, 9.17) is 15.2 Å². The SMILES string of the molecule is Nc1cc2c(cc1NC(=O)c1cc(Br)ccc1I)OCO2. The summed E-state index contributed by atoms with van der Waals surface area (Å²) in [6.07, 6.45) is 0. The van der Waals surface area contributed by atoms with Gasteiger partial charge in [-0.2, -0.15) is 0 Å². The van der Waals surface area contributed by atoms with Crippen LogP contribution in [0.5, 0.6) is 11.5 Å². The first-order valence-electron chi connectivity index (χ1n) is 6.00. The summed E-state index contributed by atoms with van der Waals surface area (Å²) < 4.78 is 12.2. The lowest BCUT2D eigenvalue weighted by Gasteiger charge is -2.10. The summed E-state index contributed by atoms with van der Waals surface area (Å²) in [5, 5.41) is 2.80. The number of nitrogen functional groups attached to an aromatic ring is 1. The number of hydrogen-bond donors (Lipinski definition) is 2. The zero-order valence-electron chi connectivity index (χ0n) is 10.7. The van der Waals surface area contributed by atoms with Crippen molar-refractivity contribution in [2.24, 2.45) is 0 Å². The minimum atomic E-state index is -0.230. The molecule has 1 aliphatic rings. The van der Waals surface area contributed by atoms with Crippen molar-refractivity contribution >= 4 is 55.8 Å². The van der Waals surface area contributed by atoms with Gasteiger partial charge < -0.3 is 20.5 Å². The maximum Gasteiger partial charge on any atom is 0.256 e. The van der Waals surface area contributed by atoms with Gasteiger partial charge in [-0.15, -0.1) is 0 Å². The summed E-state index contributed by atoms with van der Waals surface area (Å²) >= 11 is 5.48. The van der Waals surface area contributed by atoms with E-state index in [0.717, 1.165) is 8.04 Å². The van der Waals surface area contributed by atoms with E-state index in [1.165, 1.54) is 0 Å². The van der Waals surface area contributed by atoms with Crippen molar-refractivity contribution in [3.05, 3.63) is 43.9 Å². The molecule has 1 amide bonds. The number of nitrogens with one attached hydrogen (secondary N) is 1. The molecule has 1 heterocycles. The monoisotopic (exact) mass is 460 g/mol. The van der Waals surface area contributed by atoms with E-state index < -0.39 is 0 Å². The summed E-state index contributed by atoms with van der Waals surface area (Å²) in [5.74, 6) is 0.928. The second kappa shape index (κ2) is 5.72. The first-order chi connectivity index (χ1) is 10.0. The Bertz CT molecular complexity index is 736. The third kappa shape index (κ3) is 2.93. The fourth-order valence-corrected chi connectivity index (χ4v) is 2.87. The molecular weight excluding hydrogens is 451 g/mol. The number of anilines is 2. The molecule has 1 aliphatic heterocycles. The molecule has 0 radical (unpaired) electrons. The van der Waals surface area contributed by atoms with Gasteiger partial charge in [-0.05, 0) is 40.8 Å². The predicted octanol–water partition coefficient (Wildman–Crippen LogP) is 3.62. The van der Waals surface area contributed by atoms with E-state index in [9.17, 15) is 4.79 Å². The maximum absolute atomic E-state index is 12.4. The number of rotatable bonds is 2. The molecule has 0 saturated carbocycles. The highest BCUT2D eigenvalue weighted by atomic mass is 127. The number of nitrogens with two attached hydrogens (primary N) is 1. The van der Waals surface area contributed by atoms with E-state index in [1.54, 1.807) is 18.2 Å². The van der Waals surface area contributed by atoms with E-state index in [2.05, 4.69) is 43.8 Å². The van der Waals surface area contributed by atoms with E-state index in [1.807, 2.05) is 12.1 Å². The Morgan fingerprint density at radius 3 is 2.71 bits per heavy atom. The number of ether oxygens (including phenoxy) is 2. The average molecular weight is 461 g/mol. The number of fused-ring (bicyclic) bond motifs is 1. The first-order valence-corrected chi connectivity index (χ1v) is 7.87. The van der Waals surface area contributed by atoms with Gasteiger partial charge in [0.1, 0.15) is 0 Å². The molecule has 21 heavy (non-hydrogen) atoms. The molecule has 0 saturated heterocycles. The van der Waals surface area contributed by atoms with Crippen molar-refractivity contribution in [1.82, 2.24) is 0 Å². The number of carbonyl (C=O) groups is 1. The molecule has 0 aliphatic carbocycles. The van der Waals surface area contributed by atoms with Crippen LogP contribution in [0.25, 0.3) is 0 Å². The zero-order valence-corrected chi connectivity index (χ0v) is 14.4. The Labute approximate surface area is 143 Å². The minimum absolute atomic E-state index is 0.162. The van der Waals surface area contributed by atoms with Crippen LogP contribution in [0.15, 0.2) is 34.8 Å². The fourth-order valence-electron chi connectivity index (χ4n) is 1.93. The third-order valence-corrected chi connectivity index (χ3v) is 4.40. The molecule has 3 rings (SSSR count). The molecule has 3 N–H and O–H groups in total. The molecule has 0 bridgehead atoms. The Balaban J connectivity index is 1.90. The summed E-state index contributed by atoms with van der Waals surface area (Å²) in [5.41, 5.74) is 7.43. The second-order valence-electron chi connectivity index (χ2n) is 4.37. The standard InChI is InChI=1S/C14H10BrIN2O3/c15-7-1-2-9(16)8(3-7)14(19)18-11-5-13-12(4-10(11)17)20-6-21-13/h1-5H,6,17H2,(H,18,19). The van der Waals surface area contributed by atoms with Gasteiger partial charge in [0.05, 0.1) is 16.9 Å². The van der Waals surface area contributed by atoms with Crippen molar-refractivity contribution in [1.29, 1.82) is 0 Å². The van der Waals surface area contributed by atoms with Gasteiger partial charge >= 0.3 is 0 Å². The molecule has 7 heteroatoms. The summed E-state index contributed by atoms with van der Waals surface area (Å²) in [6.45, 7) is 0.162. The van der Waals surface area contributed by atoms with Gasteiger partial charge in [0.2, 0.25) is 6.79 Å². The molecule has 0 aromatic heterocycles. The lowest BCUT2D eigenvalue weighted by molar-refractivity contribution is 0.102. The van der Waals surface area contributed by atoms with Crippen LogP contribution in [0, 0.1) is 3.57 Å². The molecule has 0 spiro atoms. The highest BCUT2D eigenvalue weighted by molar-refractivity contribution is 14.1. The number of halogens is 2. The topological polar surface area (TPSA) is 73.6 Å². The number of amides is 1. The smallest absolute Gasteiger partial charge is 0.256 e. The van der Waals surface area contributed by atoms with E-state index >= 15 is 0 Å². The largest absolute Gasteiger partial charge is 0.454 e. The van der Waals surface area contributed by atoms with Gasteiger partial charge in [-0.1, -0.05) is 15.9 Å². The third-order valence-electron chi connectivity index (χ3n) is 2.97. The first kappa shape index (κ1) is 14.5. The van der Waals surface area contributed by atoms with E-state index in [-0.39, 0.29) is 12.7 Å². The van der Waals surface area contributed by atoms with Crippen LogP contribution in [0.1, 0.15) is 10.4 Å². The molecule has 0 fully saturated rings. The summed E-state index contributed by atoms with van der Waals surface area (Å²) in [4.78, 5) is 12.4. The Hall–Kier alpha value is -1.48. The highest BCUT2D eigenvalue weighted by Gasteiger charge is 2.18. The van der Waals surface area contributed by atoms with Gasteiger partial charge in [0, 0.05) is 20.2 Å². The lowest BCUT2D eigenvalue weighted by Crippen LogP contribution is -2.14. The normalized spacial score (nSPS) is 12.3. The van der Waals surface area contributed by atoms with E-state index in [0.29, 0.717) is 28.4 Å². The van der Waals surface area contributed by atoms with Crippen molar-refractivity contribution in [3.63, 3.8) is 0 Å². The van der Waals surface area contributed by atoms with Gasteiger partial charge in [0.25, 0.3) is 5.91 Å². The van der Waals surface area contributed by atoms with Crippen LogP contribution in [-0.4, -0.2) is 12.7 Å². The molecule has 2 aromatic rings. The molecule has 0 unspecified atom stereocenters. The molecule has 5 nitrogen and oxygen atoms in total. The van der Waals surface area contributed by atoms with Crippen molar-refractivity contribution in [3.8, 4) is 11.5 Å². The summed E-state index contributed by atoms with van der Waals surface area (Å²) in [7, 11) is 0. The fraction of sp³-hybridized carbons (Fsp3) is 0.0714. The second-order valence-corrected chi connectivity index (χ2v) is 6.45. The maximum atomic E-state index is 12.4. The zero-order chi connectivity index (χ0) is 15.0. The molecule has 2 aromatic carbocycles. The van der Waals surface area contributed by atoms with Gasteiger partial charge in [-0.25, -0.2) is 0 Å². The van der Waals surface area contributed by atoms with Gasteiger partial charge in [-0.3, -0.25) is 4.79 Å². The van der Waals surface area contributed by atoms with Crippen LogP contribution in [0.3, 0.4) is 0 Å². The lowest BCUT2D eigenvalue weighted by atomic mass is 10.2.